The van der Waals surface area contributed by atoms with Gasteiger partial charge in [-0.3, -0.25) is 5.32 Å². The molecule has 11 nitrogen and oxygen atoms in total. The highest BCUT2D eigenvalue weighted by molar-refractivity contribution is 7.89. The number of carbonyl (C=O) groups excluding carboxylic acids is 2. The number of benzene rings is 2. The molecule has 0 aromatic heterocycles. The Balaban J connectivity index is 1.83. The van der Waals surface area contributed by atoms with E-state index in [-0.39, 0.29) is 34.9 Å². The number of sulfonamides is 1. The topological polar surface area (TPSA) is 159 Å². The minimum atomic E-state index is -4.05. The van der Waals surface area contributed by atoms with Crippen molar-refractivity contribution < 1.29 is 32.2 Å². The van der Waals surface area contributed by atoms with Gasteiger partial charge in [-0.2, -0.15) is 14.8 Å². The number of allylic oxidation sites excluding steroid dienone is 1. The Morgan fingerprint density at radius 1 is 1.05 bits per heavy atom. The second kappa shape index (κ2) is 12.0. The third kappa shape index (κ3) is 6.44. The molecule has 3 rings (SSSR count). The number of amides is 1. The number of nitrogens with zero attached hydrogens (tertiary/aromatic N) is 3. The van der Waals surface area contributed by atoms with E-state index in [1.807, 2.05) is 0 Å². The first-order valence-corrected chi connectivity index (χ1v) is 12.6. The van der Waals surface area contributed by atoms with E-state index in [4.69, 9.17) is 20.0 Å². The second-order valence-corrected chi connectivity index (χ2v) is 9.77. The van der Waals surface area contributed by atoms with Gasteiger partial charge in [0.1, 0.15) is 23.8 Å². The number of piperidine rings is 1. The normalized spacial score (nSPS) is 15.4. The van der Waals surface area contributed by atoms with Crippen molar-refractivity contribution in [2.45, 2.75) is 30.2 Å². The zero-order valence-electron chi connectivity index (χ0n) is 20.1. The van der Waals surface area contributed by atoms with E-state index >= 15 is 0 Å². The highest BCUT2D eigenvalue weighted by Crippen LogP contribution is 2.32. The quantitative estimate of drug-likeness (QED) is 0.325. The minimum Gasteiger partial charge on any atom is -0.493 e. The summed E-state index contributed by atoms with van der Waals surface area (Å²) in [6.45, 7) is 0.135. The number of carbonyl (C=O) groups is 2. The standard InChI is InChI=1S/C25H24N4O7S/c1-34-23-14-17(13-18(15-26)16-27)6-11-22(23)36-24(30)21-5-3-4-12-29(21)37(32,33)20-9-7-19(8-10-20)28-25(31)35-2/h6-11,13-14,21H,3-5,12H2,1-2H3,(H,28,31). The first kappa shape index (κ1) is 27.2. The number of anilines is 1. The van der Waals surface area contributed by atoms with E-state index < -0.39 is 28.1 Å². The van der Waals surface area contributed by atoms with Crippen LogP contribution in [0.4, 0.5) is 10.5 Å². The molecule has 1 aliphatic heterocycles. The molecule has 0 aliphatic carbocycles. The lowest BCUT2D eigenvalue weighted by atomic mass is 10.1. The van der Waals surface area contributed by atoms with Crippen molar-refractivity contribution in [2.24, 2.45) is 0 Å². The van der Waals surface area contributed by atoms with Crippen molar-refractivity contribution in [3.8, 4) is 23.6 Å². The lowest BCUT2D eigenvalue weighted by Gasteiger charge is -2.33. The Morgan fingerprint density at radius 3 is 2.38 bits per heavy atom. The number of methoxy groups -OCH3 is 2. The molecule has 0 radical (unpaired) electrons. The summed E-state index contributed by atoms with van der Waals surface area (Å²) >= 11 is 0. The predicted molar refractivity (Wildman–Crippen MR) is 132 cm³/mol. The number of esters is 1. The molecular formula is C25H24N4O7S. The first-order chi connectivity index (χ1) is 17.7. The average molecular weight is 525 g/mol. The van der Waals surface area contributed by atoms with Crippen molar-refractivity contribution in [3.63, 3.8) is 0 Å². The molecule has 37 heavy (non-hydrogen) atoms. The van der Waals surface area contributed by atoms with Crippen molar-refractivity contribution >= 4 is 33.8 Å². The lowest BCUT2D eigenvalue weighted by Crippen LogP contribution is -2.49. The van der Waals surface area contributed by atoms with Gasteiger partial charge in [-0.25, -0.2) is 18.0 Å². The van der Waals surface area contributed by atoms with Gasteiger partial charge in [0.25, 0.3) is 0 Å². The monoisotopic (exact) mass is 524 g/mol. The molecule has 2 aromatic rings. The maximum atomic E-state index is 13.4. The largest absolute Gasteiger partial charge is 0.493 e. The summed E-state index contributed by atoms with van der Waals surface area (Å²) < 4.78 is 43.3. The molecule has 1 heterocycles. The van der Waals surface area contributed by atoms with Gasteiger partial charge in [0.05, 0.1) is 19.1 Å². The van der Waals surface area contributed by atoms with E-state index in [0.717, 1.165) is 4.31 Å². The average Bonchev–Trinajstić information content (AvgIpc) is 2.92. The fraction of sp³-hybridized carbons (Fsp3) is 0.280. The third-order valence-electron chi connectivity index (χ3n) is 5.57. The number of nitriles is 2. The lowest BCUT2D eigenvalue weighted by molar-refractivity contribution is -0.139. The summed E-state index contributed by atoms with van der Waals surface area (Å²) in [4.78, 5) is 24.5. The molecule has 1 amide bonds. The van der Waals surface area contributed by atoms with Crippen LogP contribution in [0.1, 0.15) is 24.8 Å². The van der Waals surface area contributed by atoms with Crippen molar-refractivity contribution in [3.05, 3.63) is 53.6 Å². The highest BCUT2D eigenvalue weighted by atomic mass is 32.2. The summed E-state index contributed by atoms with van der Waals surface area (Å²) in [5, 5.41) is 20.3. The summed E-state index contributed by atoms with van der Waals surface area (Å²) in [5.74, 6) is -0.513. The molecule has 12 heteroatoms. The molecule has 1 atom stereocenters. The predicted octanol–water partition coefficient (Wildman–Crippen LogP) is 3.45. The Bertz CT molecular complexity index is 1370. The molecule has 2 aromatic carbocycles. The van der Waals surface area contributed by atoms with Crippen LogP contribution in [0.5, 0.6) is 11.5 Å². The van der Waals surface area contributed by atoms with Gasteiger partial charge in [0.2, 0.25) is 10.0 Å². The summed E-state index contributed by atoms with van der Waals surface area (Å²) in [5.41, 5.74) is 0.730. The smallest absolute Gasteiger partial charge is 0.411 e. The van der Waals surface area contributed by atoms with Crippen LogP contribution in [0.15, 0.2) is 52.9 Å². The van der Waals surface area contributed by atoms with Crippen LogP contribution >= 0.6 is 0 Å². The summed E-state index contributed by atoms with van der Waals surface area (Å²) in [6, 6.07) is 12.5. The van der Waals surface area contributed by atoms with Gasteiger partial charge in [-0.05, 0) is 67.3 Å². The minimum absolute atomic E-state index is 0.0397. The maximum Gasteiger partial charge on any atom is 0.411 e. The van der Waals surface area contributed by atoms with Crippen LogP contribution in [-0.2, 0) is 19.6 Å². The Morgan fingerprint density at radius 2 is 1.76 bits per heavy atom. The molecule has 1 unspecified atom stereocenters. The molecule has 0 spiro atoms. The number of nitrogens with one attached hydrogen (secondary N) is 1. The number of hydrogen-bond donors (Lipinski definition) is 1. The van der Waals surface area contributed by atoms with E-state index in [2.05, 4.69) is 10.1 Å². The maximum absolute atomic E-state index is 13.4. The fourth-order valence-electron chi connectivity index (χ4n) is 3.73. The van der Waals surface area contributed by atoms with E-state index in [0.29, 0.717) is 24.1 Å². The van der Waals surface area contributed by atoms with E-state index in [1.165, 1.54) is 56.7 Å². The highest BCUT2D eigenvalue weighted by Gasteiger charge is 2.39. The van der Waals surface area contributed by atoms with Gasteiger partial charge in [0.15, 0.2) is 11.5 Å². The van der Waals surface area contributed by atoms with E-state index in [1.54, 1.807) is 18.2 Å². The van der Waals surface area contributed by atoms with Gasteiger partial charge in [0, 0.05) is 12.2 Å². The summed E-state index contributed by atoms with van der Waals surface area (Å²) in [6.07, 6.45) is 2.16. The van der Waals surface area contributed by atoms with Crippen LogP contribution in [0.3, 0.4) is 0 Å². The third-order valence-corrected chi connectivity index (χ3v) is 7.49. The van der Waals surface area contributed by atoms with Crippen molar-refractivity contribution in [1.82, 2.24) is 4.31 Å². The van der Waals surface area contributed by atoms with Crippen LogP contribution in [0.25, 0.3) is 6.08 Å². The summed E-state index contributed by atoms with van der Waals surface area (Å²) in [7, 11) is -1.47. The van der Waals surface area contributed by atoms with Gasteiger partial charge >= 0.3 is 12.1 Å². The van der Waals surface area contributed by atoms with Crippen molar-refractivity contribution in [1.29, 1.82) is 10.5 Å². The first-order valence-electron chi connectivity index (χ1n) is 11.1. The van der Waals surface area contributed by atoms with Crippen molar-refractivity contribution in [2.75, 3.05) is 26.1 Å². The van der Waals surface area contributed by atoms with Crippen LogP contribution in [0, 0.1) is 22.7 Å². The number of rotatable bonds is 7. The molecule has 0 bridgehead atoms. The molecule has 1 aliphatic rings. The molecule has 1 N–H and O–H groups in total. The van der Waals surface area contributed by atoms with Crippen LogP contribution < -0.4 is 14.8 Å². The number of hydrogen-bond acceptors (Lipinski definition) is 9. The second-order valence-electron chi connectivity index (χ2n) is 7.88. The van der Waals surface area contributed by atoms with Gasteiger partial charge in [-0.15, -0.1) is 0 Å². The van der Waals surface area contributed by atoms with Crippen LogP contribution in [-0.4, -0.2) is 51.6 Å². The molecular weight excluding hydrogens is 500 g/mol. The van der Waals surface area contributed by atoms with Gasteiger partial charge < -0.3 is 14.2 Å². The molecule has 192 valence electrons. The zero-order valence-corrected chi connectivity index (χ0v) is 20.9. The van der Waals surface area contributed by atoms with Crippen LogP contribution in [0.2, 0.25) is 0 Å². The molecule has 1 saturated heterocycles. The Hall–Kier alpha value is -4.39. The molecule has 1 fully saturated rings. The fourth-order valence-corrected chi connectivity index (χ4v) is 5.38. The van der Waals surface area contributed by atoms with E-state index in [9.17, 15) is 18.0 Å². The molecule has 0 saturated carbocycles. The Kier molecular flexibility index (Phi) is 8.85. The SMILES string of the molecule is COC(=O)Nc1ccc(S(=O)(=O)N2CCCCC2C(=O)Oc2ccc(C=C(C#N)C#N)cc2OC)cc1. The Labute approximate surface area is 214 Å². The number of ether oxygens (including phenoxy) is 3. The zero-order chi connectivity index (χ0) is 27.0. The van der Waals surface area contributed by atoms with Gasteiger partial charge in [-0.1, -0.05) is 6.07 Å².